The van der Waals surface area contributed by atoms with Gasteiger partial charge < -0.3 is 15.5 Å². The number of carbonyl (C=O) groups excluding carboxylic acids is 2. The molecule has 0 saturated heterocycles. The van der Waals surface area contributed by atoms with Crippen molar-refractivity contribution in [3.63, 3.8) is 0 Å². The molecule has 1 rings (SSSR count). The fraction of sp³-hybridized carbons (Fsp3) is 0.467. The third-order valence-electron chi connectivity index (χ3n) is 3.16. The summed E-state index contributed by atoms with van der Waals surface area (Å²) in [6.07, 6.45) is 0. The summed E-state index contributed by atoms with van der Waals surface area (Å²) in [4.78, 5) is 25.0. The zero-order valence-corrected chi connectivity index (χ0v) is 12.4. The fourth-order valence-electron chi connectivity index (χ4n) is 1.92. The van der Waals surface area contributed by atoms with Gasteiger partial charge in [0.05, 0.1) is 6.54 Å². The van der Waals surface area contributed by atoms with Gasteiger partial charge in [0.25, 0.3) is 5.91 Å². The van der Waals surface area contributed by atoms with E-state index < -0.39 is 0 Å². The number of rotatable bonds is 7. The van der Waals surface area contributed by atoms with E-state index in [9.17, 15) is 9.59 Å². The van der Waals surface area contributed by atoms with Crippen molar-refractivity contribution >= 4 is 11.8 Å². The molecule has 0 aliphatic carbocycles. The van der Waals surface area contributed by atoms with Crippen molar-refractivity contribution in [2.75, 3.05) is 26.7 Å². The van der Waals surface area contributed by atoms with Crippen LogP contribution in [-0.2, 0) is 11.3 Å². The number of hydrogen-bond acceptors (Lipinski definition) is 3. The summed E-state index contributed by atoms with van der Waals surface area (Å²) >= 11 is 0. The van der Waals surface area contributed by atoms with E-state index >= 15 is 0 Å². The van der Waals surface area contributed by atoms with E-state index in [4.69, 9.17) is 0 Å². The minimum atomic E-state index is -0.0961. The van der Waals surface area contributed by atoms with Gasteiger partial charge in [0.2, 0.25) is 5.91 Å². The van der Waals surface area contributed by atoms with E-state index in [1.54, 1.807) is 24.1 Å². The van der Waals surface area contributed by atoms with Crippen LogP contribution in [-0.4, -0.2) is 43.4 Å². The van der Waals surface area contributed by atoms with Crippen LogP contribution in [0.15, 0.2) is 24.3 Å². The number of benzene rings is 1. The number of hydrogen-bond donors (Lipinski definition) is 2. The van der Waals surface area contributed by atoms with Crippen LogP contribution in [0.1, 0.15) is 29.8 Å². The summed E-state index contributed by atoms with van der Waals surface area (Å²) in [5, 5.41) is 5.70. The zero-order valence-electron chi connectivity index (χ0n) is 12.4. The molecule has 110 valence electrons. The van der Waals surface area contributed by atoms with Crippen molar-refractivity contribution in [3.8, 4) is 0 Å². The number of nitrogens with zero attached hydrogens (tertiary/aromatic N) is 1. The monoisotopic (exact) mass is 277 g/mol. The lowest BCUT2D eigenvalue weighted by Gasteiger charge is -2.18. The van der Waals surface area contributed by atoms with Gasteiger partial charge in [0.15, 0.2) is 0 Å². The average Bonchev–Trinajstić information content (AvgIpc) is 2.48. The summed E-state index contributed by atoms with van der Waals surface area (Å²) < 4.78 is 0. The predicted octanol–water partition coefficient (Wildman–Crippen LogP) is 1.00. The second-order valence-corrected chi connectivity index (χ2v) is 4.45. The molecule has 2 N–H and O–H groups in total. The molecule has 0 aliphatic rings. The molecule has 2 amide bonds. The van der Waals surface area contributed by atoms with Gasteiger partial charge in [-0.1, -0.05) is 12.1 Å². The first-order chi connectivity index (χ1) is 9.62. The summed E-state index contributed by atoms with van der Waals surface area (Å²) in [7, 11) is 1.61. The van der Waals surface area contributed by atoms with Crippen molar-refractivity contribution in [3.05, 3.63) is 35.4 Å². The number of amides is 2. The van der Waals surface area contributed by atoms with E-state index in [0.29, 0.717) is 18.7 Å². The maximum Gasteiger partial charge on any atom is 0.251 e. The Balaban J connectivity index is 2.43. The Bertz CT molecular complexity index is 439. The molecule has 0 radical (unpaired) electrons. The Morgan fingerprint density at radius 2 is 1.70 bits per heavy atom. The molecule has 0 heterocycles. The summed E-state index contributed by atoms with van der Waals surface area (Å²) in [6.45, 7) is 6.35. The number of nitrogens with one attached hydrogen (secondary N) is 2. The van der Waals surface area contributed by atoms with Crippen LogP contribution in [0, 0.1) is 0 Å². The molecule has 0 fully saturated rings. The minimum Gasteiger partial charge on any atom is -0.355 e. The molecule has 0 saturated carbocycles. The van der Waals surface area contributed by atoms with Crippen LogP contribution in [0.3, 0.4) is 0 Å². The Hall–Kier alpha value is -1.88. The van der Waals surface area contributed by atoms with Crippen molar-refractivity contribution in [1.82, 2.24) is 15.5 Å². The summed E-state index contributed by atoms with van der Waals surface area (Å²) in [5.74, 6) is 0.0122. The van der Waals surface area contributed by atoms with E-state index in [1.807, 2.05) is 26.0 Å². The number of likely N-dealkylation sites (N-methyl/N-ethyl adjacent to an activating group) is 1. The molecule has 0 spiro atoms. The van der Waals surface area contributed by atoms with Crippen LogP contribution >= 0.6 is 0 Å². The first kappa shape index (κ1) is 16.2. The van der Waals surface area contributed by atoms with Crippen molar-refractivity contribution in [1.29, 1.82) is 0 Å². The highest BCUT2D eigenvalue weighted by Gasteiger charge is 2.08. The molecule has 20 heavy (non-hydrogen) atoms. The van der Waals surface area contributed by atoms with Crippen LogP contribution in [0.2, 0.25) is 0 Å². The molecular weight excluding hydrogens is 254 g/mol. The average molecular weight is 277 g/mol. The number of carbonyl (C=O) groups is 2. The molecule has 0 bridgehead atoms. The third kappa shape index (κ3) is 4.66. The Morgan fingerprint density at radius 3 is 2.20 bits per heavy atom. The lowest BCUT2D eigenvalue weighted by atomic mass is 10.1. The molecule has 5 nitrogen and oxygen atoms in total. The highest BCUT2D eigenvalue weighted by atomic mass is 16.2. The standard InChI is InChI=1S/C15H23N3O2/c1-4-18(5-2)14(19)11-17-10-12-6-8-13(9-7-12)15(20)16-3/h6-9,17H,4-5,10-11H2,1-3H3,(H,16,20). The molecule has 1 aromatic carbocycles. The SMILES string of the molecule is CCN(CC)C(=O)CNCc1ccc(C(=O)NC)cc1. The van der Waals surface area contributed by atoms with Crippen molar-refractivity contribution in [2.45, 2.75) is 20.4 Å². The smallest absolute Gasteiger partial charge is 0.251 e. The molecule has 0 atom stereocenters. The van der Waals surface area contributed by atoms with Crippen LogP contribution in [0.25, 0.3) is 0 Å². The van der Waals surface area contributed by atoms with Gasteiger partial charge in [-0.2, -0.15) is 0 Å². The third-order valence-corrected chi connectivity index (χ3v) is 3.16. The van der Waals surface area contributed by atoms with E-state index in [2.05, 4.69) is 10.6 Å². The zero-order chi connectivity index (χ0) is 15.0. The Morgan fingerprint density at radius 1 is 1.10 bits per heavy atom. The largest absolute Gasteiger partial charge is 0.355 e. The van der Waals surface area contributed by atoms with Crippen molar-refractivity contribution < 1.29 is 9.59 Å². The Kier molecular flexibility index (Phi) is 6.73. The minimum absolute atomic E-state index is 0.0961. The van der Waals surface area contributed by atoms with Crippen molar-refractivity contribution in [2.24, 2.45) is 0 Å². The maximum absolute atomic E-state index is 11.8. The molecule has 0 aliphatic heterocycles. The first-order valence-electron chi connectivity index (χ1n) is 6.91. The second-order valence-electron chi connectivity index (χ2n) is 4.45. The van der Waals surface area contributed by atoms with Crippen LogP contribution < -0.4 is 10.6 Å². The topological polar surface area (TPSA) is 61.4 Å². The summed E-state index contributed by atoms with van der Waals surface area (Å²) in [6, 6.07) is 7.34. The first-order valence-corrected chi connectivity index (χ1v) is 6.91. The highest BCUT2D eigenvalue weighted by Crippen LogP contribution is 2.04. The second kappa shape index (κ2) is 8.32. The van der Waals surface area contributed by atoms with Crippen LogP contribution in [0.4, 0.5) is 0 Å². The van der Waals surface area contributed by atoms with Gasteiger partial charge in [-0.25, -0.2) is 0 Å². The lowest BCUT2D eigenvalue weighted by Crippen LogP contribution is -2.37. The summed E-state index contributed by atoms with van der Waals surface area (Å²) in [5.41, 5.74) is 1.68. The van der Waals surface area contributed by atoms with Gasteiger partial charge in [-0.05, 0) is 31.5 Å². The normalized spacial score (nSPS) is 10.2. The van der Waals surface area contributed by atoms with Crippen LogP contribution in [0.5, 0.6) is 0 Å². The molecule has 5 heteroatoms. The van der Waals surface area contributed by atoms with Gasteiger partial charge in [0, 0.05) is 32.2 Å². The van der Waals surface area contributed by atoms with E-state index in [0.717, 1.165) is 18.7 Å². The maximum atomic E-state index is 11.8. The van der Waals surface area contributed by atoms with Gasteiger partial charge in [0.1, 0.15) is 0 Å². The molecule has 1 aromatic rings. The fourth-order valence-corrected chi connectivity index (χ4v) is 1.92. The van der Waals surface area contributed by atoms with E-state index in [1.165, 1.54) is 0 Å². The van der Waals surface area contributed by atoms with E-state index in [-0.39, 0.29) is 11.8 Å². The van der Waals surface area contributed by atoms with Gasteiger partial charge in [-0.15, -0.1) is 0 Å². The van der Waals surface area contributed by atoms with Gasteiger partial charge >= 0.3 is 0 Å². The molecular formula is C15H23N3O2. The van der Waals surface area contributed by atoms with Gasteiger partial charge in [-0.3, -0.25) is 9.59 Å². The molecule has 0 aromatic heterocycles. The molecule has 0 unspecified atom stereocenters. The Labute approximate surface area is 120 Å². The lowest BCUT2D eigenvalue weighted by molar-refractivity contribution is -0.129. The quantitative estimate of drug-likeness (QED) is 0.782. The predicted molar refractivity (Wildman–Crippen MR) is 79.5 cm³/mol. The highest BCUT2D eigenvalue weighted by molar-refractivity contribution is 5.93.